The molecule has 464 valence electrons. The second-order valence-electron chi connectivity index (χ2n) is 24.9. The van der Waals surface area contributed by atoms with E-state index in [9.17, 15) is 19.8 Å². The van der Waals surface area contributed by atoms with Crippen molar-refractivity contribution in [2.45, 2.75) is 424 Å². The Hall–Kier alpha value is -1.40. The molecule has 78 heavy (non-hydrogen) atoms. The SMILES string of the molecule is CCCCCCCCCCCCCCCCCCCCCCCC/C=C/C(O)C(CO)NC(=O)CCCCCCCCCCCCCCCCCCCCCCCOC(=O)CCCCCCCCCCCCCCCCCC. The third kappa shape index (κ3) is 63.8. The lowest BCUT2D eigenvalue weighted by Crippen LogP contribution is -2.45. The number of hydrogen-bond donors (Lipinski definition) is 3. The van der Waals surface area contributed by atoms with E-state index >= 15 is 0 Å². The molecular formula is C72H141NO5. The molecule has 0 aliphatic carbocycles. The number of carbonyl (C=O) groups excluding carboxylic acids is 2. The number of allylic oxidation sites excluding steroid dienone is 1. The minimum Gasteiger partial charge on any atom is -0.466 e. The molecular weight excluding hydrogens is 959 g/mol. The summed E-state index contributed by atoms with van der Waals surface area (Å²) >= 11 is 0. The van der Waals surface area contributed by atoms with Gasteiger partial charge in [-0.05, 0) is 32.1 Å². The predicted octanol–water partition coefficient (Wildman–Crippen LogP) is 23.1. The highest BCUT2D eigenvalue weighted by molar-refractivity contribution is 5.76. The number of carbonyl (C=O) groups is 2. The molecule has 0 aromatic rings. The van der Waals surface area contributed by atoms with Gasteiger partial charge in [-0.1, -0.05) is 379 Å². The molecule has 0 radical (unpaired) electrons. The molecule has 0 saturated carbocycles. The number of aliphatic hydroxyl groups is 2. The molecule has 0 spiro atoms. The summed E-state index contributed by atoms with van der Waals surface area (Å²) in [4.78, 5) is 24.6. The van der Waals surface area contributed by atoms with Crippen LogP contribution in [0.2, 0.25) is 0 Å². The lowest BCUT2D eigenvalue weighted by atomic mass is 10.0. The lowest BCUT2D eigenvalue weighted by Gasteiger charge is -2.20. The number of ether oxygens (including phenoxy) is 1. The van der Waals surface area contributed by atoms with Crippen molar-refractivity contribution < 1.29 is 24.5 Å². The quantitative estimate of drug-likeness (QED) is 0.0320. The molecule has 0 aromatic heterocycles. The van der Waals surface area contributed by atoms with E-state index in [0.29, 0.717) is 19.4 Å². The van der Waals surface area contributed by atoms with Gasteiger partial charge >= 0.3 is 5.97 Å². The van der Waals surface area contributed by atoms with E-state index in [1.807, 2.05) is 6.08 Å². The van der Waals surface area contributed by atoms with Gasteiger partial charge < -0.3 is 20.3 Å². The number of rotatable bonds is 68. The molecule has 0 rings (SSSR count). The van der Waals surface area contributed by atoms with Crippen LogP contribution in [0.5, 0.6) is 0 Å². The number of hydrogen-bond acceptors (Lipinski definition) is 5. The third-order valence-corrected chi connectivity index (χ3v) is 17.1. The Balaban J connectivity index is 3.40. The Labute approximate surface area is 489 Å². The van der Waals surface area contributed by atoms with Gasteiger partial charge in [0.15, 0.2) is 0 Å². The molecule has 2 unspecified atom stereocenters. The topological polar surface area (TPSA) is 95.9 Å². The fraction of sp³-hybridized carbons (Fsp3) is 0.944. The number of aliphatic hydroxyl groups excluding tert-OH is 2. The first-order valence-corrected chi connectivity index (χ1v) is 36.0. The maximum Gasteiger partial charge on any atom is 0.305 e. The van der Waals surface area contributed by atoms with Crippen LogP contribution in [0, 0.1) is 0 Å². The average molecular weight is 1100 g/mol. The molecule has 0 bridgehead atoms. The summed E-state index contributed by atoms with van der Waals surface area (Å²) in [6.45, 7) is 4.95. The summed E-state index contributed by atoms with van der Waals surface area (Å²) in [6, 6.07) is -0.629. The van der Waals surface area contributed by atoms with Crippen molar-refractivity contribution in [3.05, 3.63) is 12.2 Å². The van der Waals surface area contributed by atoms with Crippen molar-refractivity contribution >= 4 is 11.9 Å². The third-order valence-electron chi connectivity index (χ3n) is 17.1. The fourth-order valence-electron chi connectivity index (χ4n) is 11.6. The van der Waals surface area contributed by atoms with Crippen molar-refractivity contribution in [2.75, 3.05) is 13.2 Å². The zero-order chi connectivity index (χ0) is 56.4. The first kappa shape index (κ1) is 76.6. The van der Waals surface area contributed by atoms with Gasteiger partial charge in [-0.3, -0.25) is 9.59 Å². The van der Waals surface area contributed by atoms with E-state index in [4.69, 9.17) is 4.74 Å². The molecule has 0 saturated heterocycles. The highest BCUT2D eigenvalue weighted by Gasteiger charge is 2.18. The van der Waals surface area contributed by atoms with E-state index in [2.05, 4.69) is 19.2 Å². The van der Waals surface area contributed by atoms with Crippen LogP contribution < -0.4 is 5.32 Å². The molecule has 0 heterocycles. The smallest absolute Gasteiger partial charge is 0.305 e. The zero-order valence-electron chi connectivity index (χ0n) is 53.2. The summed E-state index contributed by atoms with van der Waals surface area (Å²) in [5.74, 6) is -0.0475. The first-order valence-electron chi connectivity index (χ1n) is 36.0. The fourth-order valence-corrected chi connectivity index (χ4v) is 11.6. The van der Waals surface area contributed by atoms with Crippen LogP contribution in [0.15, 0.2) is 12.2 Å². The average Bonchev–Trinajstić information content (AvgIpc) is 3.44. The van der Waals surface area contributed by atoms with E-state index in [1.54, 1.807) is 6.08 Å². The Bertz CT molecular complexity index is 1180. The number of unbranched alkanes of at least 4 members (excludes halogenated alkanes) is 57. The molecule has 0 aromatic carbocycles. The molecule has 0 aliphatic heterocycles. The normalized spacial score (nSPS) is 12.5. The predicted molar refractivity (Wildman–Crippen MR) is 343 cm³/mol. The van der Waals surface area contributed by atoms with Crippen molar-refractivity contribution in [1.29, 1.82) is 0 Å². The first-order chi connectivity index (χ1) is 38.5. The van der Waals surface area contributed by atoms with Crippen LogP contribution in [-0.4, -0.2) is 47.4 Å². The minimum atomic E-state index is -0.846. The minimum absolute atomic E-state index is 0.0162. The standard InChI is InChI=1S/C72H141NO5/c1-3-5-7-9-11-13-15-17-19-21-22-23-24-25-27-30-33-36-40-44-48-52-56-60-64-70(75)69(68-74)73-71(76)65-61-57-53-49-45-41-37-34-31-28-26-29-32-35-39-43-47-51-55-59-63-67-78-72(77)66-62-58-54-50-46-42-38-20-18-16-14-12-10-8-6-4-2/h60,64,69-70,74-75H,3-59,61-63,65-68H2,1-2H3,(H,73,76)/b64-60+. The van der Waals surface area contributed by atoms with Crippen LogP contribution >= 0.6 is 0 Å². The molecule has 3 N–H and O–H groups in total. The van der Waals surface area contributed by atoms with Crippen LogP contribution in [0.1, 0.15) is 412 Å². The van der Waals surface area contributed by atoms with E-state index in [-0.39, 0.29) is 18.5 Å². The van der Waals surface area contributed by atoms with Gasteiger partial charge in [0.25, 0.3) is 0 Å². The van der Waals surface area contributed by atoms with Crippen molar-refractivity contribution in [3.8, 4) is 0 Å². The lowest BCUT2D eigenvalue weighted by molar-refractivity contribution is -0.143. The molecule has 6 nitrogen and oxygen atoms in total. The van der Waals surface area contributed by atoms with Gasteiger partial charge in [0, 0.05) is 12.8 Å². The van der Waals surface area contributed by atoms with Crippen molar-refractivity contribution in [2.24, 2.45) is 0 Å². The van der Waals surface area contributed by atoms with Crippen molar-refractivity contribution in [1.82, 2.24) is 5.32 Å². The molecule has 2 atom stereocenters. The van der Waals surface area contributed by atoms with Gasteiger partial charge in [0.05, 0.1) is 25.4 Å². The van der Waals surface area contributed by atoms with Crippen LogP contribution in [-0.2, 0) is 14.3 Å². The highest BCUT2D eigenvalue weighted by atomic mass is 16.5. The number of esters is 1. The monoisotopic (exact) mass is 1100 g/mol. The molecule has 0 aliphatic rings. The largest absolute Gasteiger partial charge is 0.466 e. The summed E-state index contributed by atoms with van der Waals surface area (Å²) < 4.78 is 5.50. The Morgan fingerprint density at radius 3 is 0.872 bits per heavy atom. The summed E-state index contributed by atoms with van der Waals surface area (Å²) in [6.07, 6.45) is 84.3. The summed E-state index contributed by atoms with van der Waals surface area (Å²) in [7, 11) is 0. The second-order valence-corrected chi connectivity index (χ2v) is 24.9. The van der Waals surface area contributed by atoms with Crippen LogP contribution in [0.4, 0.5) is 0 Å². The summed E-state index contributed by atoms with van der Waals surface area (Å²) in [5.41, 5.74) is 0. The Morgan fingerprint density at radius 1 is 0.346 bits per heavy atom. The highest BCUT2D eigenvalue weighted by Crippen LogP contribution is 2.19. The second kappa shape index (κ2) is 68.1. The number of nitrogens with one attached hydrogen (secondary N) is 1. The van der Waals surface area contributed by atoms with Gasteiger partial charge in [-0.2, -0.15) is 0 Å². The molecule has 1 amide bonds. The van der Waals surface area contributed by atoms with Gasteiger partial charge in [-0.15, -0.1) is 0 Å². The van der Waals surface area contributed by atoms with E-state index in [1.165, 1.54) is 347 Å². The number of amides is 1. The van der Waals surface area contributed by atoms with Gasteiger partial charge in [-0.25, -0.2) is 0 Å². The van der Waals surface area contributed by atoms with Gasteiger partial charge in [0.1, 0.15) is 0 Å². The maximum atomic E-state index is 12.5. The Kier molecular flexibility index (Phi) is 66.9. The van der Waals surface area contributed by atoms with E-state index in [0.717, 1.165) is 38.5 Å². The van der Waals surface area contributed by atoms with Crippen LogP contribution in [0.25, 0.3) is 0 Å². The summed E-state index contributed by atoms with van der Waals surface area (Å²) in [5, 5.41) is 23.3. The van der Waals surface area contributed by atoms with Crippen molar-refractivity contribution in [3.63, 3.8) is 0 Å². The maximum absolute atomic E-state index is 12.5. The molecule has 0 fully saturated rings. The zero-order valence-corrected chi connectivity index (χ0v) is 53.2. The van der Waals surface area contributed by atoms with Gasteiger partial charge in [0.2, 0.25) is 5.91 Å². The van der Waals surface area contributed by atoms with E-state index < -0.39 is 12.1 Å². The Morgan fingerprint density at radius 2 is 0.590 bits per heavy atom. The molecule has 6 heteroatoms. The van der Waals surface area contributed by atoms with Crippen LogP contribution in [0.3, 0.4) is 0 Å².